The highest BCUT2D eigenvalue weighted by Crippen LogP contribution is 2.62. The third-order valence-electron chi connectivity index (χ3n) is 7.72. The number of aromatic nitrogens is 1. The third kappa shape index (κ3) is 2.54. The first-order chi connectivity index (χ1) is 15.1. The molecule has 1 aliphatic heterocycles. The summed E-state index contributed by atoms with van der Waals surface area (Å²) >= 11 is 0. The van der Waals surface area contributed by atoms with Crippen LogP contribution < -0.4 is 0 Å². The minimum atomic E-state index is -3.72. The van der Waals surface area contributed by atoms with E-state index in [4.69, 9.17) is 9.47 Å². The molecule has 3 aliphatic rings. The second-order valence-electron chi connectivity index (χ2n) is 9.99. The number of fused-ring (bicyclic) bond motifs is 10. The maximum Gasteiger partial charge on any atom is 0.268 e. The molecule has 2 aliphatic carbocycles. The maximum atomic E-state index is 13.7. The van der Waals surface area contributed by atoms with Gasteiger partial charge in [0.25, 0.3) is 10.0 Å². The van der Waals surface area contributed by atoms with Crippen molar-refractivity contribution in [1.82, 2.24) is 3.97 Å². The highest BCUT2D eigenvalue weighted by Gasteiger charge is 2.60. The van der Waals surface area contributed by atoms with Crippen LogP contribution in [0.5, 0.6) is 0 Å². The van der Waals surface area contributed by atoms with Crippen LogP contribution in [0.1, 0.15) is 66.8 Å². The smallest absolute Gasteiger partial charge is 0.268 e. The van der Waals surface area contributed by atoms with Crippen LogP contribution in [-0.4, -0.2) is 30.4 Å². The summed E-state index contributed by atoms with van der Waals surface area (Å²) in [5.74, 6) is -0.206. The molecular weight excluding hydrogens is 422 g/mol. The predicted molar refractivity (Wildman–Crippen MR) is 124 cm³/mol. The molecule has 4 unspecified atom stereocenters. The second-order valence-corrected chi connectivity index (χ2v) is 11.8. The number of hydrogen-bond acceptors (Lipinski definition) is 4. The molecule has 32 heavy (non-hydrogen) atoms. The van der Waals surface area contributed by atoms with E-state index in [0.29, 0.717) is 4.90 Å². The van der Waals surface area contributed by atoms with Crippen LogP contribution in [-0.2, 0) is 25.9 Å². The summed E-state index contributed by atoms with van der Waals surface area (Å²) in [7, 11) is -3.72. The summed E-state index contributed by atoms with van der Waals surface area (Å²) < 4.78 is 41.7. The molecule has 2 aromatic carbocycles. The van der Waals surface area contributed by atoms with Crippen LogP contribution in [0.3, 0.4) is 0 Å². The van der Waals surface area contributed by atoms with Gasteiger partial charge in [-0.05, 0) is 81.0 Å². The molecular formula is C26H29NO4S. The fourth-order valence-electron chi connectivity index (χ4n) is 6.49. The first kappa shape index (κ1) is 20.5. The van der Waals surface area contributed by atoms with E-state index in [-0.39, 0.29) is 24.0 Å². The second kappa shape index (κ2) is 6.46. The summed E-state index contributed by atoms with van der Waals surface area (Å²) in [4.78, 5) is 0.315. The number of hydrogen-bond donors (Lipinski definition) is 0. The monoisotopic (exact) mass is 451 g/mol. The van der Waals surface area contributed by atoms with Crippen LogP contribution in [0.2, 0.25) is 0 Å². The molecule has 1 saturated carbocycles. The van der Waals surface area contributed by atoms with E-state index in [1.165, 1.54) is 20.7 Å². The van der Waals surface area contributed by atoms with Crippen molar-refractivity contribution in [2.45, 2.75) is 82.2 Å². The van der Waals surface area contributed by atoms with Crippen LogP contribution in [0.4, 0.5) is 0 Å². The number of rotatable bonds is 3. The van der Waals surface area contributed by atoms with Crippen molar-refractivity contribution < 1.29 is 17.9 Å². The van der Waals surface area contributed by atoms with Crippen molar-refractivity contribution in [3.05, 3.63) is 64.3 Å². The van der Waals surface area contributed by atoms with Gasteiger partial charge in [0.2, 0.25) is 0 Å². The van der Waals surface area contributed by atoms with Crippen LogP contribution >= 0.6 is 0 Å². The quantitative estimate of drug-likeness (QED) is 0.552. The average Bonchev–Trinajstić information content (AvgIpc) is 3.46. The molecule has 0 N–H and O–H groups in total. The molecule has 1 aromatic heterocycles. The standard InChI is InChI=1S/C26H29NO4S/c1-6-17-15(3)21-19-13-20(25-24(19)30-26(4,5)31-25)22(21)23-18(17)11-12-27(23)32(28,29)16-9-7-14(2)8-10-16/h7-12,19-20,24-25H,6,13H2,1-5H3. The van der Waals surface area contributed by atoms with Gasteiger partial charge in [0, 0.05) is 23.4 Å². The largest absolute Gasteiger partial charge is 0.344 e. The third-order valence-corrected chi connectivity index (χ3v) is 9.41. The Balaban J connectivity index is 1.63. The van der Waals surface area contributed by atoms with Crippen LogP contribution in [0.25, 0.3) is 10.9 Å². The van der Waals surface area contributed by atoms with Gasteiger partial charge in [-0.15, -0.1) is 0 Å². The lowest BCUT2D eigenvalue weighted by molar-refractivity contribution is -0.153. The van der Waals surface area contributed by atoms with Crippen molar-refractivity contribution in [3.63, 3.8) is 0 Å². The van der Waals surface area contributed by atoms with Gasteiger partial charge in [-0.2, -0.15) is 0 Å². The van der Waals surface area contributed by atoms with Crippen LogP contribution in [0.15, 0.2) is 41.4 Å². The number of ether oxygens (including phenoxy) is 2. The number of nitrogens with zero attached hydrogens (tertiary/aromatic N) is 1. The van der Waals surface area contributed by atoms with Crippen LogP contribution in [0, 0.1) is 13.8 Å². The number of benzene rings is 2. The Labute approximate surface area is 189 Å². The molecule has 2 heterocycles. The van der Waals surface area contributed by atoms with E-state index in [1.54, 1.807) is 18.3 Å². The molecule has 2 bridgehead atoms. The van der Waals surface area contributed by atoms with E-state index in [0.717, 1.165) is 34.9 Å². The Hall–Kier alpha value is -2.15. The first-order valence-electron chi connectivity index (χ1n) is 11.5. The molecule has 4 atom stereocenters. The lowest BCUT2D eigenvalue weighted by atomic mass is 9.81. The maximum absolute atomic E-state index is 13.7. The SMILES string of the molecule is CCc1c(C)c2c(c3c1ccn3S(=O)(=O)c1ccc(C)cc1)C1CC2C2OC(C)(C)OC12. The molecule has 6 heteroatoms. The van der Waals surface area contributed by atoms with Gasteiger partial charge in [-0.25, -0.2) is 12.4 Å². The minimum absolute atomic E-state index is 0.0250. The Morgan fingerprint density at radius 1 is 1.00 bits per heavy atom. The van der Waals surface area contributed by atoms with Gasteiger partial charge in [-0.3, -0.25) is 0 Å². The molecule has 5 nitrogen and oxygen atoms in total. The Morgan fingerprint density at radius 3 is 2.25 bits per heavy atom. The van der Waals surface area contributed by atoms with E-state index >= 15 is 0 Å². The van der Waals surface area contributed by atoms with Gasteiger partial charge in [0.05, 0.1) is 22.6 Å². The molecule has 168 valence electrons. The molecule has 1 saturated heterocycles. The molecule has 0 spiro atoms. The Kier molecular flexibility index (Phi) is 4.13. The van der Waals surface area contributed by atoms with Crippen molar-refractivity contribution in [2.75, 3.05) is 0 Å². The predicted octanol–water partition coefficient (Wildman–Crippen LogP) is 5.16. The fraction of sp³-hybridized carbons (Fsp3) is 0.462. The summed E-state index contributed by atoms with van der Waals surface area (Å²) in [6, 6.07) is 9.08. The van der Waals surface area contributed by atoms with E-state index < -0.39 is 15.8 Å². The Morgan fingerprint density at radius 2 is 1.62 bits per heavy atom. The van der Waals surface area contributed by atoms with Crippen molar-refractivity contribution in [3.8, 4) is 0 Å². The summed E-state index contributed by atoms with van der Waals surface area (Å²) in [6.07, 6.45) is 3.57. The first-order valence-corrected chi connectivity index (χ1v) is 12.9. The molecule has 0 amide bonds. The zero-order valence-corrected chi connectivity index (χ0v) is 20.0. The van der Waals surface area contributed by atoms with Gasteiger partial charge in [-0.1, -0.05) is 24.6 Å². The lowest BCUT2D eigenvalue weighted by Gasteiger charge is -2.29. The highest BCUT2D eigenvalue weighted by atomic mass is 32.2. The zero-order chi connectivity index (χ0) is 22.6. The summed E-state index contributed by atoms with van der Waals surface area (Å²) in [5, 5.41) is 1.04. The highest BCUT2D eigenvalue weighted by molar-refractivity contribution is 7.90. The van der Waals surface area contributed by atoms with E-state index in [9.17, 15) is 8.42 Å². The van der Waals surface area contributed by atoms with Gasteiger partial charge in [0.1, 0.15) is 0 Å². The zero-order valence-electron chi connectivity index (χ0n) is 19.2. The average molecular weight is 452 g/mol. The molecule has 0 radical (unpaired) electrons. The van der Waals surface area contributed by atoms with E-state index in [1.807, 2.05) is 39.0 Å². The lowest BCUT2D eigenvalue weighted by Crippen LogP contribution is -2.30. The Bertz CT molecular complexity index is 1370. The van der Waals surface area contributed by atoms with Crippen molar-refractivity contribution in [1.29, 1.82) is 0 Å². The molecule has 3 aromatic rings. The van der Waals surface area contributed by atoms with E-state index in [2.05, 4.69) is 13.8 Å². The van der Waals surface area contributed by atoms with Crippen molar-refractivity contribution in [2.24, 2.45) is 0 Å². The normalized spacial score (nSPS) is 27.8. The van der Waals surface area contributed by atoms with Gasteiger partial charge < -0.3 is 9.47 Å². The summed E-state index contributed by atoms with van der Waals surface area (Å²) in [6.45, 7) is 10.2. The van der Waals surface area contributed by atoms with Gasteiger partial charge >= 0.3 is 0 Å². The molecule has 2 fully saturated rings. The fourth-order valence-corrected chi connectivity index (χ4v) is 7.86. The van der Waals surface area contributed by atoms with Crippen molar-refractivity contribution >= 4 is 20.9 Å². The van der Waals surface area contributed by atoms with Gasteiger partial charge in [0.15, 0.2) is 5.79 Å². The topological polar surface area (TPSA) is 57.5 Å². The molecule has 6 rings (SSSR count). The number of aryl methyl sites for hydroxylation is 2. The summed E-state index contributed by atoms with van der Waals surface area (Å²) in [5.41, 5.74) is 6.85. The minimum Gasteiger partial charge on any atom is -0.344 e.